The summed E-state index contributed by atoms with van der Waals surface area (Å²) in [7, 11) is 1.66. The molecule has 0 unspecified atom stereocenters. The van der Waals surface area contributed by atoms with Crippen LogP contribution >= 0.6 is 0 Å². The van der Waals surface area contributed by atoms with Crippen LogP contribution in [0, 0.1) is 0 Å². The molecule has 0 aliphatic heterocycles. The molecule has 0 heterocycles. The molecule has 3 nitrogen and oxygen atoms in total. The van der Waals surface area contributed by atoms with Crippen LogP contribution in [0.3, 0.4) is 0 Å². The second-order valence-electron chi connectivity index (χ2n) is 4.10. The zero-order valence-electron chi connectivity index (χ0n) is 8.19. The maximum Gasteiger partial charge on any atom is 0.252 e. The molecular formula is C9H15F2N3. The van der Waals surface area contributed by atoms with Gasteiger partial charge >= 0.3 is 0 Å². The summed E-state index contributed by atoms with van der Waals surface area (Å²) >= 11 is 0. The van der Waals surface area contributed by atoms with Gasteiger partial charge in [0.15, 0.2) is 5.96 Å². The fourth-order valence-corrected chi connectivity index (χ4v) is 1.55. The Bertz CT molecular complexity index is 240. The van der Waals surface area contributed by atoms with E-state index in [2.05, 4.69) is 15.6 Å². The number of guanidine groups is 1. The second kappa shape index (κ2) is 3.37. The van der Waals surface area contributed by atoms with Gasteiger partial charge in [-0.1, -0.05) is 0 Å². The fraction of sp³-hybridized carbons (Fsp3) is 0.889. The Hall–Kier alpha value is -0.870. The molecule has 0 radical (unpaired) electrons. The zero-order chi connectivity index (χ0) is 10.2. The largest absolute Gasteiger partial charge is 0.354 e. The summed E-state index contributed by atoms with van der Waals surface area (Å²) in [5.41, 5.74) is 0. The van der Waals surface area contributed by atoms with Gasteiger partial charge < -0.3 is 10.6 Å². The lowest BCUT2D eigenvalue weighted by atomic mass is 9.88. The van der Waals surface area contributed by atoms with Gasteiger partial charge in [0.25, 0.3) is 5.92 Å². The molecule has 2 aliphatic carbocycles. The third-order valence-corrected chi connectivity index (χ3v) is 2.57. The van der Waals surface area contributed by atoms with Gasteiger partial charge in [-0.25, -0.2) is 8.78 Å². The van der Waals surface area contributed by atoms with E-state index in [9.17, 15) is 8.78 Å². The van der Waals surface area contributed by atoms with Crippen molar-refractivity contribution < 1.29 is 8.78 Å². The summed E-state index contributed by atoms with van der Waals surface area (Å²) in [6, 6.07) is 0.386. The van der Waals surface area contributed by atoms with Crippen LogP contribution in [0.25, 0.3) is 0 Å². The van der Waals surface area contributed by atoms with Crippen LogP contribution in [0.1, 0.15) is 25.7 Å². The maximum absolute atomic E-state index is 12.5. The van der Waals surface area contributed by atoms with E-state index in [1.807, 2.05) is 0 Å². The molecule has 0 spiro atoms. The minimum absolute atomic E-state index is 0.0711. The molecule has 0 bridgehead atoms. The van der Waals surface area contributed by atoms with Gasteiger partial charge in [-0.05, 0) is 12.8 Å². The molecule has 14 heavy (non-hydrogen) atoms. The van der Waals surface area contributed by atoms with Crippen molar-refractivity contribution in [3.8, 4) is 0 Å². The van der Waals surface area contributed by atoms with Crippen molar-refractivity contribution in [2.24, 2.45) is 4.99 Å². The topological polar surface area (TPSA) is 36.4 Å². The second-order valence-corrected chi connectivity index (χ2v) is 4.10. The van der Waals surface area contributed by atoms with Gasteiger partial charge in [-0.2, -0.15) is 0 Å². The predicted octanol–water partition coefficient (Wildman–Crippen LogP) is 1.11. The lowest BCUT2D eigenvalue weighted by Gasteiger charge is -2.36. The van der Waals surface area contributed by atoms with E-state index < -0.39 is 5.92 Å². The minimum Gasteiger partial charge on any atom is -0.354 e. The predicted molar refractivity (Wildman–Crippen MR) is 50.6 cm³/mol. The molecular weight excluding hydrogens is 188 g/mol. The Morgan fingerprint density at radius 1 is 1.21 bits per heavy atom. The summed E-state index contributed by atoms with van der Waals surface area (Å²) in [6.07, 6.45) is 2.17. The smallest absolute Gasteiger partial charge is 0.252 e. The van der Waals surface area contributed by atoms with Gasteiger partial charge in [-0.15, -0.1) is 0 Å². The van der Waals surface area contributed by atoms with Crippen molar-refractivity contribution in [1.29, 1.82) is 0 Å². The van der Waals surface area contributed by atoms with Gasteiger partial charge in [0.05, 0.1) is 0 Å². The number of nitrogens with one attached hydrogen (secondary N) is 2. The van der Waals surface area contributed by atoms with Crippen molar-refractivity contribution in [1.82, 2.24) is 10.6 Å². The van der Waals surface area contributed by atoms with Crippen molar-refractivity contribution in [2.45, 2.75) is 43.7 Å². The first kappa shape index (κ1) is 9.68. The number of hydrogen-bond donors (Lipinski definition) is 2. The average Bonchev–Trinajstić information content (AvgIpc) is 2.83. The van der Waals surface area contributed by atoms with Crippen LogP contribution in [0.5, 0.6) is 0 Å². The van der Waals surface area contributed by atoms with Gasteiger partial charge in [0.1, 0.15) is 0 Å². The van der Waals surface area contributed by atoms with Gasteiger partial charge in [0.2, 0.25) is 0 Å². The SMILES string of the molecule is CN=C(NC1CC1)NC1CC(F)(F)C1. The van der Waals surface area contributed by atoms with Gasteiger partial charge in [0, 0.05) is 32.0 Å². The first-order valence-electron chi connectivity index (χ1n) is 4.97. The van der Waals surface area contributed by atoms with E-state index in [1.54, 1.807) is 7.05 Å². The number of halogens is 2. The van der Waals surface area contributed by atoms with Crippen molar-refractivity contribution in [3.05, 3.63) is 0 Å². The molecule has 2 N–H and O–H groups in total. The molecule has 2 fully saturated rings. The normalized spacial score (nSPS) is 26.9. The molecule has 80 valence electrons. The Kier molecular flexibility index (Phi) is 2.33. The lowest BCUT2D eigenvalue weighted by Crippen LogP contribution is -2.54. The van der Waals surface area contributed by atoms with Crippen molar-refractivity contribution in [2.75, 3.05) is 7.05 Å². The number of aliphatic imine (C=N–C) groups is 1. The van der Waals surface area contributed by atoms with Crippen LogP contribution < -0.4 is 10.6 Å². The minimum atomic E-state index is -2.46. The summed E-state index contributed by atoms with van der Waals surface area (Å²) in [6.45, 7) is 0. The summed E-state index contributed by atoms with van der Waals surface area (Å²) in [4.78, 5) is 3.99. The van der Waals surface area contributed by atoms with Crippen LogP contribution in [-0.2, 0) is 0 Å². The third-order valence-electron chi connectivity index (χ3n) is 2.57. The zero-order valence-corrected chi connectivity index (χ0v) is 8.19. The van der Waals surface area contributed by atoms with E-state index in [0.717, 1.165) is 12.8 Å². The molecule has 0 aromatic carbocycles. The molecule has 0 saturated heterocycles. The van der Waals surface area contributed by atoms with E-state index in [1.165, 1.54) is 0 Å². The van der Waals surface area contributed by atoms with Gasteiger partial charge in [-0.3, -0.25) is 4.99 Å². The van der Waals surface area contributed by atoms with E-state index in [-0.39, 0.29) is 18.9 Å². The number of alkyl halides is 2. The molecule has 0 atom stereocenters. The Morgan fingerprint density at radius 3 is 2.21 bits per heavy atom. The molecule has 0 amide bonds. The van der Waals surface area contributed by atoms with E-state index >= 15 is 0 Å². The third kappa shape index (κ3) is 2.33. The molecule has 2 rings (SSSR count). The molecule has 5 heteroatoms. The van der Waals surface area contributed by atoms with Crippen LogP contribution in [0.4, 0.5) is 8.78 Å². The molecule has 2 saturated carbocycles. The first-order chi connectivity index (χ1) is 6.59. The highest BCUT2D eigenvalue weighted by Gasteiger charge is 2.45. The number of rotatable bonds is 2. The first-order valence-corrected chi connectivity index (χ1v) is 4.97. The Labute approximate surface area is 82.0 Å². The monoisotopic (exact) mass is 203 g/mol. The lowest BCUT2D eigenvalue weighted by molar-refractivity contribution is -0.0887. The quantitative estimate of drug-likeness (QED) is 0.521. The highest BCUT2D eigenvalue weighted by molar-refractivity contribution is 5.80. The van der Waals surface area contributed by atoms with Crippen molar-refractivity contribution >= 4 is 5.96 Å². The molecule has 0 aromatic rings. The number of nitrogens with zero attached hydrogens (tertiary/aromatic N) is 1. The van der Waals surface area contributed by atoms with E-state index in [4.69, 9.17) is 0 Å². The molecule has 0 aromatic heterocycles. The standard InChI is InChI=1S/C9H15F2N3/c1-12-8(13-6-2-3-6)14-7-4-9(10,11)5-7/h6-7H,2-5H2,1H3,(H2,12,13,14). The highest BCUT2D eigenvalue weighted by atomic mass is 19.3. The van der Waals surface area contributed by atoms with Crippen LogP contribution in [0.2, 0.25) is 0 Å². The van der Waals surface area contributed by atoms with Crippen molar-refractivity contribution in [3.63, 3.8) is 0 Å². The Morgan fingerprint density at radius 2 is 1.79 bits per heavy atom. The Balaban J connectivity index is 1.73. The summed E-state index contributed by atoms with van der Waals surface area (Å²) in [5, 5.41) is 6.15. The maximum atomic E-state index is 12.5. The fourth-order valence-electron chi connectivity index (χ4n) is 1.55. The van der Waals surface area contributed by atoms with Crippen LogP contribution in [0.15, 0.2) is 4.99 Å². The van der Waals surface area contributed by atoms with E-state index in [0.29, 0.717) is 12.0 Å². The highest BCUT2D eigenvalue weighted by Crippen LogP contribution is 2.37. The molecule has 2 aliphatic rings. The summed E-state index contributed by atoms with van der Waals surface area (Å²) < 4.78 is 25.0. The average molecular weight is 203 g/mol. The summed E-state index contributed by atoms with van der Waals surface area (Å²) in [5.74, 6) is -1.80. The van der Waals surface area contributed by atoms with Crippen LogP contribution in [-0.4, -0.2) is 31.0 Å². The number of hydrogen-bond acceptors (Lipinski definition) is 1.